The molecule has 1 aromatic carbocycles. The van der Waals surface area contributed by atoms with Gasteiger partial charge in [-0.25, -0.2) is 0 Å². The molecule has 0 spiro atoms. The number of hydrogen-bond acceptors (Lipinski definition) is 4. The van der Waals surface area contributed by atoms with Crippen LogP contribution in [0.25, 0.3) is 0 Å². The average molecular weight is 222 g/mol. The number of benzene rings is 1. The normalized spacial score (nSPS) is 10.3. The zero-order valence-corrected chi connectivity index (χ0v) is 8.92. The molecule has 0 fully saturated rings. The molecule has 6 nitrogen and oxygen atoms in total. The Morgan fingerprint density at radius 3 is 2.88 bits per heavy atom. The summed E-state index contributed by atoms with van der Waals surface area (Å²) < 4.78 is 5.21. The molecule has 16 heavy (non-hydrogen) atoms. The number of phenolic OH excluding ortho intramolecular Hbond substituents is 1. The van der Waals surface area contributed by atoms with Gasteiger partial charge in [0.05, 0.1) is 12.8 Å². The molecule has 0 saturated heterocycles. The first-order chi connectivity index (χ1) is 7.65. The van der Waals surface area contributed by atoms with Gasteiger partial charge in [-0.1, -0.05) is 6.07 Å². The molecule has 5 N–H and O–H groups in total. The fourth-order valence-electron chi connectivity index (χ4n) is 1.07. The number of phenols is 1. The van der Waals surface area contributed by atoms with E-state index in [0.717, 1.165) is 0 Å². The SMILES string of the molecule is CCOc1cccc(/C=N/N=C(N)N)c1O. The molecule has 86 valence electrons. The van der Waals surface area contributed by atoms with Gasteiger partial charge in [0, 0.05) is 5.56 Å². The van der Waals surface area contributed by atoms with Crippen molar-refractivity contribution in [3.63, 3.8) is 0 Å². The molecule has 0 radical (unpaired) electrons. The summed E-state index contributed by atoms with van der Waals surface area (Å²) in [7, 11) is 0. The van der Waals surface area contributed by atoms with Gasteiger partial charge in [-0.3, -0.25) is 0 Å². The number of nitrogens with two attached hydrogens (primary N) is 2. The molecule has 0 heterocycles. The lowest BCUT2D eigenvalue weighted by atomic mass is 10.2. The highest BCUT2D eigenvalue weighted by Crippen LogP contribution is 2.28. The number of guanidine groups is 1. The molecule has 0 aliphatic rings. The summed E-state index contributed by atoms with van der Waals surface area (Å²) >= 11 is 0. The minimum Gasteiger partial charge on any atom is -0.504 e. The lowest BCUT2D eigenvalue weighted by Gasteiger charge is -2.06. The molecule has 0 saturated carbocycles. The molecule has 0 aliphatic carbocycles. The second-order valence-corrected chi connectivity index (χ2v) is 2.90. The Bertz CT molecular complexity index is 411. The summed E-state index contributed by atoms with van der Waals surface area (Å²) in [6.07, 6.45) is 1.34. The van der Waals surface area contributed by atoms with Crippen LogP contribution in [0.1, 0.15) is 12.5 Å². The second-order valence-electron chi connectivity index (χ2n) is 2.90. The fraction of sp³-hybridized carbons (Fsp3) is 0.200. The Hall–Kier alpha value is -2.24. The van der Waals surface area contributed by atoms with E-state index in [1.54, 1.807) is 18.2 Å². The van der Waals surface area contributed by atoms with Gasteiger partial charge < -0.3 is 21.3 Å². The van der Waals surface area contributed by atoms with Gasteiger partial charge in [0.1, 0.15) is 0 Å². The third kappa shape index (κ3) is 3.16. The zero-order chi connectivity index (χ0) is 12.0. The lowest BCUT2D eigenvalue weighted by Crippen LogP contribution is -2.21. The van der Waals surface area contributed by atoms with Gasteiger partial charge in [0.2, 0.25) is 5.96 Å². The first-order valence-electron chi connectivity index (χ1n) is 4.72. The van der Waals surface area contributed by atoms with Gasteiger partial charge in [0.25, 0.3) is 0 Å². The molecule has 0 amide bonds. The van der Waals surface area contributed by atoms with Crippen molar-refractivity contribution in [2.75, 3.05) is 6.61 Å². The number of aromatic hydroxyl groups is 1. The summed E-state index contributed by atoms with van der Waals surface area (Å²) in [6, 6.07) is 5.07. The monoisotopic (exact) mass is 222 g/mol. The number of ether oxygens (including phenoxy) is 1. The summed E-state index contributed by atoms with van der Waals surface area (Å²) in [4.78, 5) is 0. The van der Waals surface area contributed by atoms with E-state index in [-0.39, 0.29) is 11.7 Å². The zero-order valence-electron chi connectivity index (χ0n) is 8.92. The van der Waals surface area contributed by atoms with Gasteiger partial charge in [-0.05, 0) is 19.1 Å². The molecule has 0 aromatic heterocycles. The van der Waals surface area contributed by atoms with Crippen molar-refractivity contribution in [2.24, 2.45) is 21.7 Å². The first-order valence-corrected chi connectivity index (χ1v) is 4.72. The quantitative estimate of drug-likeness (QED) is 0.389. The standard InChI is InChI=1S/C10H14N4O2/c1-2-16-8-5-3-4-7(9(8)15)6-13-14-10(11)12/h3-6,15H,2H2,1H3,(H4,11,12,14)/b13-6+. The molecule has 0 aliphatic heterocycles. The van der Waals surface area contributed by atoms with E-state index in [4.69, 9.17) is 16.2 Å². The minimum absolute atomic E-state index is 0.0129. The molecular formula is C10H14N4O2. The second kappa shape index (κ2) is 5.59. The molecular weight excluding hydrogens is 208 g/mol. The Labute approximate surface area is 93.2 Å². The van der Waals surface area contributed by atoms with Crippen molar-refractivity contribution in [3.05, 3.63) is 23.8 Å². The molecule has 1 aromatic rings. The Balaban J connectivity index is 2.93. The van der Waals surface area contributed by atoms with Crippen LogP contribution in [0.5, 0.6) is 11.5 Å². The molecule has 6 heteroatoms. The van der Waals surface area contributed by atoms with Crippen LogP contribution < -0.4 is 16.2 Å². The maximum absolute atomic E-state index is 9.76. The van der Waals surface area contributed by atoms with Crippen molar-refractivity contribution in [3.8, 4) is 11.5 Å². The van der Waals surface area contributed by atoms with E-state index < -0.39 is 0 Å². The fourth-order valence-corrected chi connectivity index (χ4v) is 1.07. The van der Waals surface area contributed by atoms with E-state index in [2.05, 4.69) is 10.2 Å². The van der Waals surface area contributed by atoms with Crippen molar-refractivity contribution >= 4 is 12.2 Å². The van der Waals surface area contributed by atoms with Crippen molar-refractivity contribution < 1.29 is 9.84 Å². The Morgan fingerprint density at radius 1 is 1.50 bits per heavy atom. The maximum atomic E-state index is 9.76. The van der Waals surface area contributed by atoms with E-state index in [1.807, 2.05) is 6.92 Å². The predicted octanol–water partition coefficient (Wildman–Crippen LogP) is 0.398. The minimum atomic E-state index is -0.142. The van der Waals surface area contributed by atoms with Crippen LogP contribution in [-0.2, 0) is 0 Å². The topological polar surface area (TPSA) is 106 Å². The van der Waals surface area contributed by atoms with Gasteiger partial charge in [0.15, 0.2) is 11.5 Å². The maximum Gasteiger partial charge on any atom is 0.211 e. The van der Waals surface area contributed by atoms with E-state index >= 15 is 0 Å². The van der Waals surface area contributed by atoms with Crippen LogP contribution in [0.4, 0.5) is 0 Å². The van der Waals surface area contributed by atoms with Crippen LogP contribution in [0.15, 0.2) is 28.4 Å². The van der Waals surface area contributed by atoms with Crippen LogP contribution >= 0.6 is 0 Å². The summed E-state index contributed by atoms with van der Waals surface area (Å²) in [5.41, 5.74) is 10.7. The molecule has 0 unspecified atom stereocenters. The average Bonchev–Trinajstić information content (AvgIpc) is 2.23. The van der Waals surface area contributed by atoms with Gasteiger partial charge in [-0.15, -0.1) is 5.10 Å². The third-order valence-corrected chi connectivity index (χ3v) is 1.70. The Morgan fingerprint density at radius 2 is 2.25 bits per heavy atom. The van der Waals surface area contributed by atoms with E-state index in [0.29, 0.717) is 17.9 Å². The Kier molecular flexibility index (Phi) is 4.14. The summed E-state index contributed by atoms with van der Waals surface area (Å²) in [5.74, 6) is 0.270. The van der Waals surface area contributed by atoms with Crippen LogP contribution in [0.3, 0.4) is 0 Å². The van der Waals surface area contributed by atoms with Crippen molar-refractivity contribution in [2.45, 2.75) is 6.92 Å². The molecule has 1 rings (SSSR count). The highest BCUT2D eigenvalue weighted by molar-refractivity contribution is 5.85. The molecule has 0 atom stereocenters. The van der Waals surface area contributed by atoms with Crippen LogP contribution in [0, 0.1) is 0 Å². The number of rotatable bonds is 4. The van der Waals surface area contributed by atoms with Crippen LogP contribution in [-0.4, -0.2) is 23.9 Å². The smallest absolute Gasteiger partial charge is 0.211 e. The third-order valence-electron chi connectivity index (χ3n) is 1.70. The highest BCUT2D eigenvalue weighted by atomic mass is 16.5. The first kappa shape index (κ1) is 11.8. The molecule has 0 bridgehead atoms. The predicted molar refractivity (Wildman–Crippen MR) is 62.7 cm³/mol. The van der Waals surface area contributed by atoms with E-state index in [9.17, 15) is 5.11 Å². The van der Waals surface area contributed by atoms with Crippen LogP contribution in [0.2, 0.25) is 0 Å². The van der Waals surface area contributed by atoms with Gasteiger partial charge >= 0.3 is 0 Å². The van der Waals surface area contributed by atoms with E-state index in [1.165, 1.54) is 6.21 Å². The van der Waals surface area contributed by atoms with Crippen molar-refractivity contribution in [1.29, 1.82) is 0 Å². The highest BCUT2D eigenvalue weighted by Gasteiger charge is 2.05. The summed E-state index contributed by atoms with van der Waals surface area (Å²) in [6.45, 7) is 2.31. The van der Waals surface area contributed by atoms with Gasteiger partial charge in [-0.2, -0.15) is 5.10 Å². The largest absolute Gasteiger partial charge is 0.504 e. The summed E-state index contributed by atoms with van der Waals surface area (Å²) in [5, 5.41) is 16.8. The number of para-hydroxylation sites is 1. The number of nitrogens with zero attached hydrogens (tertiary/aromatic N) is 2. The lowest BCUT2D eigenvalue weighted by molar-refractivity contribution is 0.318. The number of hydrogen-bond donors (Lipinski definition) is 3. The van der Waals surface area contributed by atoms with Crippen molar-refractivity contribution in [1.82, 2.24) is 0 Å².